The Kier molecular flexibility index (Phi) is 3.19. The van der Waals surface area contributed by atoms with Crippen LogP contribution in [0.5, 0.6) is 0 Å². The van der Waals surface area contributed by atoms with Gasteiger partial charge in [0.05, 0.1) is 0 Å². The van der Waals surface area contributed by atoms with Crippen LogP contribution in [0.1, 0.15) is 13.8 Å². The first-order chi connectivity index (χ1) is 7.55. The minimum atomic E-state index is -0.218. The van der Waals surface area contributed by atoms with Crippen LogP contribution in [0.25, 0.3) is 0 Å². The van der Waals surface area contributed by atoms with Crippen molar-refractivity contribution in [2.45, 2.75) is 13.8 Å². The standard InChI is InChI=1S/C12H15FN2S/c1-12(2)7-14-11(16-8-12)15-10-5-3-9(13)4-6-10/h3-6H,7-8H2,1-2H3,(H,14,15). The highest BCUT2D eigenvalue weighted by Gasteiger charge is 2.23. The smallest absolute Gasteiger partial charge is 0.161 e. The van der Waals surface area contributed by atoms with Gasteiger partial charge in [0.15, 0.2) is 5.17 Å². The number of rotatable bonds is 1. The van der Waals surface area contributed by atoms with Crippen LogP contribution in [0.3, 0.4) is 0 Å². The van der Waals surface area contributed by atoms with Crippen molar-refractivity contribution in [1.82, 2.24) is 0 Å². The average molecular weight is 238 g/mol. The number of halogens is 1. The number of amidine groups is 1. The second-order valence-electron chi connectivity index (χ2n) is 4.71. The van der Waals surface area contributed by atoms with Crippen LogP contribution in [-0.4, -0.2) is 17.5 Å². The van der Waals surface area contributed by atoms with E-state index in [0.29, 0.717) is 0 Å². The van der Waals surface area contributed by atoms with Crippen molar-refractivity contribution in [3.05, 3.63) is 30.1 Å². The zero-order valence-corrected chi connectivity index (χ0v) is 10.3. The maximum absolute atomic E-state index is 12.7. The van der Waals surface area contributed by atoms with Crippen molar-refractivity contribution in [2.75, 3.05) is 17.6 Å². The lowest BCUT2D eigenvalue weighted by Crippen LogP contribution is -2.27. The Bertz CT molecular complexity index is 398. The van der Waals surface area contributed by atoms with Crippen molar-refractivity contribution in [3.63, 3.8) is 0 Å². The van der Waals surface area contributed by atoms with Crippen LogP contribution in [-0.2, 0) is 0 Å². The molecule has 2 nitrogen and oxygen atoms in total. The number of thioether (sulfide) groups is 1. The Balaban J connectivity index is 2.01. The summed E-state index contributed by atoms with van der Waals surface area (Å²) >= 11 is 1.71. The van der Waals surface area contributed by atoms with E-state index in [1.54, 1.807) is 23.9 Å². The van der Waals surface area contributed by atoms with E-state index in [9.17, 15) is 4.39 Å². The molecule has 0 radical (unpaired) electrons. The zero-order chi connectivity index (χ0) is 11.6. The molecule has 1 N–H and O–H groups in total. The molecule has 0 aliphatic carbocycles. The Morgan fingerprint density at radius 3 is 2.56 bits per heavy atom. The highest BCUT2D eigenvalue weighted by atomic mass is 32.2. The second kappa shape index (κ2) is 4.45. The number of aliphatic imine (C=N–C) groups is 1. The van der Waals surface area contributed by atoms with Gasteiger partial charge in [-0.05, 0) is 29.7 Å². The first-order valence-corrected chi connectivity index (χ1v) is 6.24. The number of benzene rings is 1. The third-order valence-electron chi connectivity index (χ3n) is 2.35. The fourth-order valence-electron chi connectivity index (χ4n) is 1.37. The van der Waals surface area contributed by atoms with Crippen molar-refractivity contribution in [3.8, 4) is 0 Å². The van der Waals surface area contributed by atoms with Crippen molar-refractivity contribution in [2.24, 2.45) is 10.4 Å². The minimum absolute atomic E-state index is 0.218. The molecular weight excluding hydrogens is 223 g/mol. The molecule has 0 aromatic heterocycles. The number of hydrogen-bond donors (Lipinski definition) is 1. The predicted molar refractivity (Wildman–Crippen MR) is 68.6 cm³/mol. The molecule has 0 amide bonds. The van der Waals surface area contributed by atoms with E-state index in [-0.39, 0.29) is 11.2 Å². The Morgan fingerprint density at radius 2 is 2.00 bits per heavy atom. The maximum atomic E-state index is 12.7. The summed E-state index contributed by atoms with van der Waals surface area (Å²) in [7, 11) is 0. The van der Waals surface area contributed by atoms with Gasteiger partial charge in [-0.25, -0.2) is 4.39 Å². The first-order valence-electron chi connectivity index (χ1n) is 5.25. The lowest BCUT2D eigenvalue weighted by molar-refractivity contribution is 0.438. The third-order valence-corrected chi connectivity index (χ3v) is 3.78. The van der Waals surface area contributed by atoms with Gasteiger partial charge in [-0.1, -0.05) is 25.6 Å². The Morgan fingerprint density at radius 1 is 1.31 bits per heavy atom. The van der Waals surface area contributed by atoms with Gasteiger partial charge in [0, 0.05) is 18.0 Å². The molecule has 86 valence electrons. The lowest BCUT2D eigenvalue weighted by atomic mass is 9.97. The maximum Gasteiger partial charge on any atom is 0.161 e. The molecule has 0 saturated carbocycles. The van der Waals surface area contributed by atoms with Gasteiger partial charge in [-0.3, -0.25) is 4.99 Å². The molecule has 0 fully saturated rings. The van der Waals surface area contributed by atoms with Gasteiger partial charge in [0.1, 0.15) is 5.82 Å². The third kappa shape index (κ3) is 2.98. The van der Waals surface area contributed by atoms with Crippen molar-refractivity contribution < 1.29 is 4.39 Å². The fraction of sp³-hybridized carbons (Fsp3) is 0.417. The van der Waals surface area contributed by atoms with Gasteiger partial charge in [-0.2, -0.15) is 0 Å². The highest BCUT2D eigenvalue weighted by molar-refractivity contribution is 8.14. The number of nitrogens with one attached hydrogen (secondary N) is 1. The number of anilines is 1. The van der Waals surface area contributed by atoms with Crippen LogP contribution in [0, 0.1) is 11.2 Å². The van der Waals surface area contributed by atoms with E-state index < -0.39 is 0 Å². The molecule has 0 bridgehead atoms. The van der Waals surface area contributed by atoms with Crippen molar-refractivity contribution >= 4 is 22.6 Å². The summed E-state index contributed by atoms with van der Waals surface area (Å²) in [6, 6.07) is 6.33. The summed E-state index contributed by atoms with van der Waals surface area (Å²) < 4.78 is 12.7. The second-order valence-corrected chi connectivity index (χ2v) is 5.67. The van der Waals surface area contributed by atoms with E-state index >= 15 is 0 Å². The summed E-state index contributed by atoms with van der Waals surface area (Å²) in [5, 5.41) is 4.11. The van der Waals surface area contributed by atoms with Gasteiger partial charge in [0.25, 0.3) is 0 Å². The van der Waals surface area contributed by atoms with Crippen LogP contribution in [0.2, 0.25) is 0 Å². The zero-order valence-electron chi connectivity index (χ0n) is 9.46. The molecule has 1 heterocycles. The molecule has 16 heavy (non-hydrogen) atoms. The van der Waals surface area contributed by atoms with E-state index in [4.69, 9.17) is 0 Å². The molecule has 0 saturated heterocycles. The van der Waals surface area contributed by atoms with Gasteiger partial charge < -0.3 is 5.32 Å². The molecule has 2 rings (SSSR count). The van der Waals surface area contributed by atoms with Gasteiger partial charge in [-0.15, -0.1) is 0 Å². The minimum Gasteiger partial charge on any atom is -0.335 e. The first kappa shape index (κ1) is 11.5. The molecule has 1 aromatic carbocycles. The summed E-state index contributed by atoms with van der Waals surface area (Å²) in [5.74, 6) is 0.838. The van der Waals surface area contributed by atoms with Gasteiger partial charge in [0.2, 0.25) is 0 Å². The molecule has 1 aliphatic rings. The average Bonchev–Trinajstić information content (AvgIpc) is 2.24. The summed E-state index contributed by atoms with van der Waals surface area (Å²) in [4.78, 5) is 4.47. The van der Waals surface area contributed by atoms with Crippen LogP contribution in [0.15, 0.2) is 29.3 Å². The topological polar surface area (TPSA) is 24.4 Å². The fourth-order valence-corrected chi connectivity index (χ4v) is 2.34. The molecule has 1 aliphatic heterocycles. The molecule has 0 unspecified atom stereocenters. The lowest BCUT2D eigenvalue weighted by Gasteiger charge is -2.27. The summed E-state index contributed by atoms with van der Waals surface area (Å²) in [6.45, 7) is 5.25. The van der Waals surface area contributed by atoms with E-state index in [1.807, 2.05) is 0 Å². The number of hydrogen-bond acceptors (Lipinski definition) is 3. The summed E-state index contributed by atoms with van der Waals surface area (Å²) in [6.07, 6.45) is 0. The quantitative estimate of drug-likeness (QED) is 0.811. The van der Waals surface area contributed by atoms with E-state index in [0.717, 1.165) is 23.2 Å². The van der Waals surface area contributed by atoms with Crippen LogP contribution < -0.4 is 5.32 Å². The number of nitrogens with zero attached hydrogens (tertiary/aromatic N) is 1. The molecular formula is C12H15FN2S. The Labute approximate surface area is 99.3 Å². The normalized spacial score (nSPS) is 19.1. The van der Waals surface area contributed by atoms with Crippen molar-refractivity contribution in [1.29, 1.82) is 0 Å². The predicted octanol–water partition coefficient (Wildman–Crippen LogP) is 3.37. The monoisotopic (exact) mass is 238 g/mol. The Hall–Kier alpha value is -1.03. The molecule has 4 heteroatoms. The molecule has 0 spiro atoms. The highest BCUT2D eigenvalue weighted by Crippen LogP contribution is 2.28. The van der Waals surface area contributed by atoms with E-state index in [1.165, 1.54) is 12.1 Å². The molecule has 1 aromatic rings. The largest absolute Gasteiger partial charge is 0.335 e. The van der Waals surface area contributed by atoms with Crippen LogP contribution >= 0.6 is 11.8 Å². The van der Waals surface area contributed by atoms with E-state index in [2.05, 4.69) is 24.2 Å². The van der Waals surface area contributed by atoms with Gasteiger partial charge >= 0.3 is 0 Å². The molecule has 0 atom stereocenters. The SMILES string of the molecule is CC1(C)CN=C(Nc2ccc(F)cc2)SC1. The van der Waals surface area contributed by atoms with Crippen LogP contribution in [0.4, 0.5) is 10.1 Å². The summed E-state index contributed by atoms with van der Waals surface area (Å²) in [5.41, 5.74) is 1.16.